The lowest BCUT2D eigenvalue weighted by atomic mass is 10.1. The SMILES string of the molecule is Cl.FC(F)(F)c1ccc(/C=C/C2CCNC2)cc1. The zero-order chi connectivity index (χ0) is 12.3. The number of alkyl halides is 3. The van der Waals surface area contributed by atoms with Gasteiger partial charge in [-0.15, -0.1) is 12.4 Å². The summed E-state index contributed by atoms with van der Waals surface area (Å²) < 4.78 is 37.0. The summed E-state index contributed by atoms with van der Waals surface area (Å²) >= 11 is 0. The summed E-state index contributed by atoms with van der Waals surface area (Å²) in [6, 6.07) is 5.24. The molecule has 5 heteroatoms. The van der Waals surface area contributed by atoms with Crippen molar-refractivity contribution in [2.75, 3.05) is 13.1 Å². The largest absolute Gasteiger partial charge is 0.416 e. The molecule has 100 valence electrons. The van der Waals surface area contributed by atoms with Crippen LogP contribution in [0.5, 0.6) is 0 Å². The third kappa shape index (κ3) is 4.03. The van der Waals surface area contributed by atoms with E-state index in [1.165, 1.54) is 12.1 Å². The van der Waals surface area contributed by atoms with Crippen LogP contribution >= 0.6 is 12.4 Å². The molecule has 1 aromatic rings. The van der Waals surface area contributed by atoms with Gasteiger partial charge >= 0.3 is 6.18 Å². The van der Waals surface area contributed by atoms with Crippen molar-refractivity contribution in [1.82, 2.24) is 5.32 Å². The van der Waals surface area contributed by atoms with Crippen molar-refractivity contribution >= 4 is 18.5 Å². The van der Waals surface area contributed by atoms with Crippen molar-refractivity contribution in [2.24, 2.45) is 5.92 Å². The highest BCUT2D eigenvalue weighted by Gasteiger charge is 2.29. The van der Waals surface area contributed by atoms with Crippen LogP contribution < -0.4 is 5.32 Å². The normalized spacial score (nSPS) is 20.1. The van der Waals surface area contributed by atoms with Gasteiger partial charge in [-0.2, -0.15) is 13.2 Å². The van der Waals surface area contributed by atoms with Gasteiger partial charge in [0.25, 0.3) is 0 Å². The maximum absolute atomic E-state index is 12.3. The van der Waals surface area contributed by atoms with E-state index in [1.807, 2.05) is 6.08 Å². The van der Waals surface area contributed by atoms with E-state index in [9.17, 15) is 13.2 Å². The minimum atomic E-state index is -4.25. The Labute approximate surface area is 110 Å². The monoisotopic (exact) mass is 277 g/mol. The first-order chi connectivity index (χ1) is 8.05. The van der Waals surface area contributed by atoms with E-state index in [4.69, 9.17) is 0 Å². The molecule has 1 aromatic carbocycles. The van der Waals surface area contributed by atoms with Crippen molar-refractivity contribution in [3.63, 3.8) is 0 Å². The summed E-state index contributed by atoms with van der Waals surface area (Å²) in [6.45, 7) is 1.97. The molecule has 1 atom stereocenters. The fraction of sp³-hybridized carbons (Fsp3) is 0.385. The molecule has 1 nitrogen and oxygen atoms in total. The predicted molar refractivity (Wildman–Crippen MR) is 68.7 cm³/mol. The molecule has 1 unspecified atom stereocenters. The third-order valence-electron chi connectivity index (χ3n) is 2.90. The molecular formula is C13H15ClF3N. The summed E-state index contributed by atoms with van der Waals surface area (Å²) in [6.07, 6.45) is 0.787. The Morgan fingerprint density at radius 1 is 1.17 bits per heavy atom. The van der Waals surface area contributed by atoms with Crippen molar-refractivity contribution < 1.29 is 13.2 Å². The minimum absolute atomic E-state index is 0. The van der Waals surface area contributed by atoms with Crippen LogP contribution in [0.3, 0.4) is 0 Å². The van der Waals surface area contributed by atoms with Crippen molar-refractivity contribution in [3.8, 4) is 0 Å². The Morgan fingerprint density at radius 2 is 1.83 bits per heavy atom. The average molecular weight is 278 g/mol. The second-order valence-electron chi connectivity index (χ2n) is 4.23. The lowest BCUT2D eigenvalue weighted by Gasteiger charge is -2.06. The van der Waals surface area contributed by atoms with E-state index in [2.05, 4.69) is 11.4 Å². The number of hydrogen-bond donors (Lipinski definition) is 1. The van der Waals surface area contributed by atoms with Gasteiger partial charge in [-0.3, -0.25) is 0 Å². The molecule has 1 aliphatic rings. The van der Waals surface area contributed by atoms with Gasteiger partial charge in [0.05, 0.1) is 5.56 Å². The molecule has 0 saturated carbocycles. The lowest BCUT2D eigenvalue weighted by molar-refractivity contribution is -0.137. The van der Waals surface area contributed by atoms with Gasteiger partial charge in [-0.05, 0) is 36.6 Å². The highest BCUT2D eigenvalue weighted by atomic mass is 35.5. The molecule has 1 fully saturated rings. The summed E-state index contributed by atoms with van der Waals surface area (Å²) in [5.74, 6) is 0.497. The maximum atomic E-state index is 12.3. The highest BCUT2D eigenvalue weighted by molar-refractivity contribution is 5.85. The molecule has 0 bridgehead atoms. The Hall–Kier alpha value is -1.00. The zero-order valence-corrected chi connectivity index (χ0v) is 10.5. The van der Waals surface area contributed by atoms with E-state index < -0.39 is 11.7 Å². The average Bonchev–Trinajstić information content (AvgIpc) is 2.78. The summed E-state index contributed by atoms with van der Waals surface area (Å²) in [7, 11) is 0. The van der Waals surface area contributed by atoms with Gasteiger partial charge in [0.2, 0.25) is 0 Å². The second-order valence-corrected chi connectivity index (χ2v) is 4.23. The van der Waals surface area contributed by atoms with Gasteiger partial charge in [-0.25, -0.2) is 0 Å². The second kappa shape index (κ2) is 6.25. The minimum Gasteiger partial charge on any atom is -0.316 e. The van der Waals surface area contributed by atoms with Crippen LogP contribution in [0.2, 0.25) is 0 Å². The van der Waals surface area contributed by atoms with Crippen molar-refractivity contribution in [2.45, 2.75) is 12.6 Å². The standard InChI is InChI=1S/C13H14F3N.ClH/c14-13(15,16)12-5-3-10(4-6-12)1-2-11-7-8-17-9-11;/h1-6,11,17H,7-9H2;1H/b2-1+;. The summed E-state index contributed by atoms with van der Waals surface area (Å²) in [5.41, 5.74) is 0.210. The molecule has 0 radical (unpaired) electrons. The van der Waals surface area contributed by atoms with Gasteiger partial charge in [0.1, 0.15) is 0 Å². The highest BCUT2D eigenvalue weighted by Crippen LogP contribution is 2.29. The van der Waals surface area contributed by atoms with E-state index in [-0.39, 0.29) is 12.4 Å². The van der Waals surface area contributed by atoms with E-state index in [0.29, 0.717) is 5.92 Å². The Balaban J connectivity index is 0.00000162. The molecule has 1 N–H and O–H groups in total. The van der Waals surface area contributed by atoms with Crippen LogP contribution in [-0.2, 0) is 6.18 Å². The van der Waals surface area contributed by atoms with Crippen molar-refractivity contribution in [1.29, 1.82) is 0 Å². The van der Waals surface area contributed by atoms with Crippen LogP contribution in [0.15, 0.2) is 30.3 Å². The molecule has 1 heterocycles. The van der Waals surface area contributed by atoms with Crippen LogP contribution in [-0.4, -0.2) is 13.1 Å². The van der Waals surface area contributed by atoms with Gasteiger partial charge in [-0.1, -0.05) is 24.3 Å². The first kappa shape index (κ1) is 15.1. The molecule has 0 spiro atoms. The number of benzene rings is 1. The van der Waals surface area contributed by atoms with E-state index in [1.54, 1.807) is 0 Å². The topological polar surface area (TPSA) is 12.0 Å². The molecule has 18 heavy (non-hydrogen) atoms. The fourth-order valence-corrected chi connectivity index (χ4v) is 1.87. The quantitative estimate of drug-likeness (QED) is 0.868. The van der Waals surface area contributed by atoms with Crippen LogP contribution in [0, 0.1) is 5.92 Å². The Morgan fingerprint density at radius 3 is 2.33 bits per heavy atom. The molecular weight excluding hydrogens is 263 g/mol. The van der Waals surface area contributed by atoms with Gasteiger partial charge < -0.3 is 5.32 Å². The lowest BCUT2D eigenvalue weighted by Crippen LogP contribution is -2.07. The fourth-order valence-electron chi connectivity index (χ4n) is 1.87. The van der Waals surface area contributed by atoms with Crippen LogP contribution in [0.4, 0.5) is 13.2 Å². The predicted octanol–water partition coefficient (Wildman–Crippen LogP) is 3.75. The molecule has 0 aromatic heterocycles. The van der Waals surface area contributed by atoms with E-state index in [0.717, 1.165) is 37.2 Å². The molecule has 1 aliphatic heterocycles. The summed E-state index contributed by atoms with van der Waals surface area (Å²) in [4.78, 5) is 0. The first-order valence-corrected chi connectivity index (χ1v) is 5.62. The van der Waals surface area contributed by atoms with E-state index >= 15 is 0 Å². The van der Waals surface area contributed by atoms with Crippen LogP contribution in [0.1, 0.15) is 17.5 Å². The molecule has 0 aliphatic carbocycles. The first-order valence-electron chi connectivity index (χ1n) is 5.62. The van der Waals surface area contributed by atoms with Gasteiger partial charge in [0.15, 0.2) is 0 Å². The molecule has 1 saturated heterocycles. The third-order valence-corrected chi connectivity index (χ3v) is 2.90. The maximum Gasteiger partial charge on any atom is 0.416 e. The number of nitrogens with one attached hydrogen (secondary N) is 1. The Kier molecular flexibility index (Phi) is 5.23. The number of halogens is 4. The summed E-state index contributed by atoms with van der Waals surface area (Å²) in [5, 5.41) is 3.24. The Bertz CT molecular complexity index is 392. The molecule has 2 rings (SSSR count). The zero-order valence-electron chi connectivity index (χ0n) is 9.70. The van der Waals surface area contributed by atoms with Crippen molar-refractivity contribution in [3.05, 3.63) is 41.5 Å². The number of hydrogen-bond acceptors (Lipinski definition) is 1. The van der Waals surface area contributed by atoms with Crippen LogP contribution in [0.25, 0.3) is 6.08 Å². The van der Waals surface area contributed by atoms with Gasteiger partial charge in [0, 0.05) is 6.54 Å². The smallest absolute Gasteiger partial charge is 0.316 e. The number of rotatable bonds is 2. The molecule has 0 amide bonds.